The first-order valence-electron chi connectivity index (χ1n) is 10.2. The first-order valence-corrected chi connectivity index (χ1v) is 10.2. The first kappa shape index (κ1) is 28.5. The van der Waals surface area contributed by atoms with Crippen molar-refractivity contribution in [3.05, 3.63) is 77.4 Å². The Bertz CT molecular complexity index is 819. The molecule has 0 unspecified atom stereocenters. The summed E-state index contributed by atoms with van der Waals surface area (Å²) in [5, 5.41) is 0. The topological polar surface area (TPSA) is 36.9 Å². The molecule has 2 aromatic rings. The van der Waals surface area contributed by atoms with E-state index in [9.17, 15) is 22.0 Å². The Balaban J connectivity index is 0.000000380. The molecule has 4 nitrogen and oxygen atoms in total. The number of ether oxygens (including phenoxy) is 4. The zero-order chi connectivity index (χ0) is 24.6. The minimum atomic E-state index is -0.894. The number of hydrogen-bond acceptors (Lipinski definition) is 4. The summed E-state index contributed by atoms with van der Waals surface area (Å²) >= 11 is 0. The van der Waals surface area contributed by atoms with Crippen molar-refractivity contribution in [3.63, 3.8) is 0 Å². The molecule has 1 fully saturated rings. The van der Waals surface area contributed by atoms with Gasteiger partial charge in [0.2, 0.25) is 0 Å². The summed E-state index contributed by atoms with van der Waals surface area (Å²) in [6.07, 6.45) is 4.29. The second-order valence-corrected chi connectivity index (χ2v) is 6.78. The van der Waals surface area contributed by atoms with Crippen molar-refractivity contribution < 1.29 is 40.9 Å². The van der Waals surface area contributed by atoms with E-state index >= 15 is 0 Å². The quantitative estimate of drug-likeness (QED) is 0.272. The first-order chi connectivity index (χ1) is 15.9. The van der Waals surface area contributed by atoms with Gasteiger partial charge in [0.1, 0.15) is 17.4 Å². The Morgan fingerprint density at radius 1 is 0.939 bits per heavy atom. The monoisotopic (exact) mass is 476 g/mol. The number of hydrogen-bond donors (Lipinski definition) is 0. The minimum Gasteiger partial charge on any atom is -0.497 e. The maximum Gasteiger partial charge on any atom is 0.183 e. The molecule has 33 heavy (non-hydrogen) atoms. The van der Waals surface area contributed by atoms with Crippen molar-refractivity contribution in [1.29, 1.82) is 0 Å². The molecular weight excluding hydrogens is 447 g/mol. The van der Waals surface area contributed by atoms with Crippen LogP contribution >= 0.6 is 0 Å². The van der Waals surface area contributed by atoms with Crippen LogP contribution in [0.5, 0.6) is 5.75 Å². The molecule has 1 aliphatic rings. The highest BCUT2D eigenvalue weighted by molar-refractivity contribution is 5.23. The molecule has 0 saturated carbocycles. The van der Waals surface area contributed by atoms with Gasteiger partial charge in [0.15, 0.2) is 17.9 Å². The van der Waals surface area contributed by atoms with Crippen LogP contribution in [0, 0.1) is 29.2 Å². The lowest BCUT2D eigenvalue weighted by molar-refractivity contribution is -0.212. The zero-order valence-electron chi connectivity index (χ0n) is 18.8. The molecule has 0 spiro atoms. The fraction of sp³-hybridized carbons (Fsp3) is 0.417. The molecule has 0 N–H and O–H groups in total. The van der Waals surface area contributed by atoms with Gasteiger partial charge in [-0.1, -0.05) is 18.2 Å². The molecule has 184 valence electrons. The van der Waals surface area contributed by atoms with Crippen LogP contribution in [0.1, 0.15) is 25.2 Å². The van der Waals surface area contributed by atoms with E-state index in [2.05, 4.69) is 4.74 Å². The maximum atomic E-state index is 13.2. The van der Waals surface area contributed by atoms with Crippen LogP contribution in [-0.4, -0.2) is 40.7 Å². The minimum absolute atomic E-state index is 0.164. The van der Waals surface area contributed by atoms with Crippen LogP contribution in [0.3, 0.4) is 0 Å². The van der Waals surface area contributed by atoms with Crippen LogP contribution in [0.25, 0.3) is 0 Å². The molecule has 1 heterocycles. The van der Waals surface area contributed by atoms with Gasteiger partial charge in [-0.3, -0.25) is 4.39 Å². The highest BCUT2D eigenvalue weighted by Gasteiger charge is 2.24. The molecule has 0 amide bonds. The lowest BCUT2D eigenvalue weighted by Gasteiger charge is -2.29. The normalized spacial score (nSPS) is 17.6. The molecule has 0 aliphatic carbocycles. The fourth-order valence-corrected chi connectivity index (χ4v) is 2.71. The van der Waals surface area contributed by atoms with Crippen molar-refractivity contribution >= 4 is 0 Å². The Kier molecular flexibility index (Phi) is 14.0. The van der Waals surface area contributed by atoms with Gasteiger partial charge in [-0.2, -0.15) is 0 Å². The SMILES string of the molecule is C/C=C/CCOCC1COC(c2ccc(F)c(F)c2)OC1.CF.COc1cc(F)cc(F)c1. The third-order valence-corrected chi connectivity index (χ3v) is 4.27. The molecule has 0 aromatic heterocycles. The Morgan fingerprint density at radius 2 is 1.58 bits per heavy atom. The van der Waals surface area contributed by atoms with E-state index in [1.165, 1.54) is 13.2 Å². The van der Waals surface area contributed by atoms with Gasteiger partial charge in [0.25, 0.3) is 0 Å². The summed E-state index contributed by atoms with van der Waals surface area (Å²) < 4.78 is 81.4. The number of methoxy groups -OCH3 is 1. The number of allylic oxidation sites excluding steroid dienone is 1. The van der Waals surface area contributed by atoms with E-state index in [1.807, 2.05) is 19.1 Å². The molecule has 1 aliphatic heterocycles. The van der Waals surface area contributed by atoms with Gasteiger partial charge in [-0.25, -0.2) is 17.6 Å². The fourth-order valence-electron chi connectivity index (χ4n) is 2.71. The molecule has 9 heteroatoms. The highest BCUT2D eigenvalue weighted by Crippen LogP contribution is 2.26. The van der Waals surface area contributed by atoms with Crippen LogP contribution in [0.2, 0.25) is 0 Å². The third-order valence-electron chi connectivity index (χ3n) is 4.27. The molecule has 3 rings (SSSR count). The molecule has 2 aromatic carbocycles. The van der Waals surface area contributed by atoms with E-state index < -0.39 is 29.6 Å². The zero-order valence-corrected chi connectivity index (χ0v) is 18.8. The lowest BCUT2D eigenvalue weighted by Crippen LogP contribution is -2.30. The van der Waals surface area contributed by atoms with Crippen molar-refractivity contribution in [1.82, 2.24) is 0 Å². The number of benzene rings is 2. The van der Waals surface area contributed by atoms with Gasteiger partial charge >= 0.3 is 0 Å². The summed E-state index contributed by atoms with van der Waals surface area (Å²) in [4.78, 5) is 0. The van der Waals surface area contributed by atoms with Crippen LogP contribution in [0.15, 0.2) is 48.6 Å². The number of alkyl halides is 1. The molecule has 0 radical (unpaired) electrons. The predicted molar refractivity (Wildman–Crippen MR) is 115 cm³/mol. The summed E-state index contributed by atoms with van der Waals surface area (Å²) in [5.74, 6) is -2.67. The van der Waals surface area contributed by atoms with Crippen molar-refractivity contribution in [2.24, 2.45) is 5.92 Å². The van der Waals surface area contributed by atoms with Gasteiger partial charge in [0, 0.05) is 29.7 Å². The summed E-state index contributed by atoms with van der Waals surface area (Å²) in [6.45, 7) is 4.18. The molecule has 1 saturated heterocycles. The summed E-state index contributed by atoms with van der Waals surface area (Å²) in [7, 11) is 1.86. The summed E-state index contributed by atoms with van der Waals surface area (Å²) in [6, 6.07) is 6.67. The predicted octanol–water partition coefficient (Wildman–Crippen LogP) is 6.17. The van der Waals surface area contributed by atoms with Gasteiger partial charge in [0.05, 0.1) is 40.7 Å². The maximum absolute atomic E-state index is 13.2. The average molecular weight is 476 g/mol. The van der Waals surface area contributed by atoms with Crippen LogP contribution in [0.4, 0.5) is 22.0 Å². The van der Waals surface area contributed by atoms with Crippen molar-refractivity contribution in [2.45, 2.75) is 19.6 Å². The second-order valence-electron chi connectivity index (χ2n) is 6.78. The van der Waals surface area contributed by atoms with Crippen LogP contribution in [-0.2, 0) is 14.2 Å². The highest BCUT2D eigenvalue weighted by atomic mass is 19.2. The smallest absolute Gasteiger partial charge is 0.183 e. The Labute approximate surface area is 190 Å². The van der Waals surface area contributed by atoms with Crippen LogP contribution < -0.4 is 4.74 Å². The van der Waals surface area contributed by atoms with Gasteiger partial charge in [-0.05, 0) is 25.5 Å². The molecular formula is C24H29F5O4. The average Bonchev–Trinajstić information content (AvgIpc) is 2.82. The van der Waals surface area contributed by atoms with E-state index in [0.717, 1.165) is 36.8 Å². The van der Waals surface area contributed by atoms with E-state index in [1.54, 1.807) is 0 Å². The van der Waals surface area contributed by atoms with Gasteiger partial charge in [-0.15, -0.1) is 0 Å². The summed E-state index contributed by atoms with van der Waals surface area (Å²) in [5.41, 5.74) is 0.487. The van der Waals surface area contributed by atoms with Crippen molar-refractivity contribution in [2.75, 3.05) is 40.7 Å². The number of halogens is 5. The van der Waals surface area contributed by atoms with E-state index in [4.69, 9.17) is 14.2 Å². The standard InChI is InChI=1S/C16H20F2O3.C7H6F2O.CH3F/c1-2-3-4-7-19-9-12-10-20-16(21-11-12)13-5-6-14(17)15(18)8-13;1-10-7-3-5(8)2-6(9)4-7;1-2/h2-3,5-6,8,12,16H,4,7,9-11H2,1H3;2-4H,1H3;1H3/b3-2+;;. The molecule has 0 bridgehead atoms. The van der Waals surface area contributed by atoms with Crippen molar-refractivity contribution in [3.8, 4) is 5.75 Å². The molecule has 0 atom stereocenters. The third kappa shape index (κ3) is 10.8. The largest absolute Gasteiger partial charge is 0.497 e. The lowest BCUT2D eigenvalue weighted by atomic mass is 10.1. The Morgan fingerprint density at radius 3 is 2.12 bits per heavy atom. The van der Waals surface area contributed by atoms with Gasteiger partial charge < -0.3 is 18.9 Å². The number of rotatable bonds is 7. The van der Waals surface area contributed by atoms with E-state index in [-0.39, 0.29) is 11.7 Å². The van der Waals surface area contributed by atoms with E-state index in [0.29, 0.717) is 39.2 Å². The Hall–Kier alpha value is -2.49. The second kappa shape index (κ2) is 16.2.